The molecule has 1 aliphatic heterocycles. The highest BCUT2D eigenvalue weighted by molar-refractivity contribution is 7.99. The number of carbonyl (C=O) groups excluding carboxylic acids is 2. The lowest BCUT2D eigenvalue weighted by Crippen LogP contribution is -2.31. The summed E-state index contributed by atoms with van der Waals surface area (Å²) in [6.45, 7) is 1.35. The van der Waals surface area contributed by atoms with Gasteiger partial charge in [0.2, 0.25) is 5.91 Å². The van der Waals surface area contributed by atoms with Crippen molar-refractivity contribution in [1.29, 1.82) is 0 Å². The summed E-state index contributed by atoms with van der Waals surface area (Å²) in [5, 5.41) is 5.79. The quantitative estimate of drug-likeness (QED) is 0.731. The van der Waals surface area contributed by atoms with E-state index in [0.29, 0.717) is 17.9 Å². The number of hydrogen-bond donors (Lipinski definition) is 2. The zero-order chi connectivity index (χ0) is 18.9. The van der Waals surface area contributed by atoms with Gasteiger partial charge in [-0.3, -0.25) is 9.59 Å². The number of hydrogen-bond acceptors (Lipinski definition) is 4. The van der Waals surface area contributed by atoms with Crippen molar-refractivity contribution in [3.8, 4) is 0 Å². The highest BCUT2D eigenvalue weighted by Crippen LogP contribution is 2.15. The average molecular weight is 385 g/mol. The van der Waals surface area contributed by atoms with Gasteiger partial charge in [0.05, 0.1) is 11.9 Å². The third-order valence-electron chi connectivity index (χ3n) is 4.29. The second-order valence-electron chi connectivity index (χ2n) is 6.45. The lowest BCUT2D eigenvalue weighted by atomic mass is 10.1. The first kappa shape index (κ1) is 19.5. The molecular weight excluding hydrogens is 360 g/mol. The first-order chi connectivity index (χ1) is 13.2. The van der Waals surface area contributed by atoms with Crippen molar-refractivity contribution < 1.29 is 14.3 Å². The molecule has 3 rings (SSSR count). The van der Waals surface area contributed by atoms with Crippen LogP contribution in [0.3, 0.4) is 0 Å². The van der Waals surface area contributed by atoms with E-state index in [1.54, 1.807) is 11.8 Å². The van der Waals surface area contributed by atoms with Gasteiger partial charge in [-0.15, -0.1) is 11.8 Å². The van der Waals surface area contributed by atoms with E-state index in [9.17, 15) is 9.59 Å². The van der Waals surface area contributed by atoms with E-state index >= 15 is 0 Å². The van der Waals surface area contributed by atoms with Gasteiger partial charge in [0.15, 0.2) is 0 Å². The fraction of sp³-hybridized carbons (Fsp3) is 0.333. The smallest absolute Gasteiger partial charge is 0.251 e. The molecular formula is C21H24N2O3S. The minimum Gasteiger partial charge on any atom is -0.376 e. The lowest BCUT2D eigenvalue weighted by molar-refractivity contribution is -0.113. The van der Waals surface area contributed by atoms with E-state index in [4.69, 9.17) is 4.74 Å². The molecule has 1 saturated heterocycles. The number of thioether (sulfide) groups is 1. The number of rotatable bonds is 8. The monoisotopic (exact) mass is 384 g/mol. The van der Waals surface area contributed by atoms with Gasteiger partial charge in [-0.1, -0.05) is 30.3 Å². The number of benzene rings is 2. The molecule has 0 aromatic heterocycles. The third-order valence-corrected chi connectivity index (χ3v) is 5.29. The largest absolute Gasteiger partial charge is 0.376 e. The molecule has 1 fully saturated rings. The van der Waals surface area contributed by atoms with E-state index in [1.165, 1.54) is 0 Å². The van der Waals surface area contributed by atoms with Gasteiger partial charge in [0, 0.05) is 30.2 Å². The maximum absolute atomic E-state index is 12.2. The predicted octanol–water partition coefficient (Wildman–Crippen LogP) is 3.47. The van der Waals surface area contributed by atoms with Gasteiger partial charge in [-0.2, -0.15) is 0 Å². The Hall–Kier alpha value is -2.31. The van der Waals surface area contributed by atoms with Crippen LogP contribution in [-0.4, -0.2) is 36.8 Å². The molecule has 1 unspecified atom stereocenters. The number of carbonyl (C=O) groups is 2. The van der Waals surface area contributed by atoms with E-state index in [2.05, 4.69) is 10.6 Å². The van der Waals surface area contributed by atoms with Crippen LogP contribution in [0.1, 0.15) is 28.8 Å². The maximum Gasteiger partial charge on any atom is 0.251 e. The molecule has 2 aromatic rings. The summed E-state index contributed by atoms with van der Waals surface area (Å²) < 4.78 is 5.51. The summed E-state index contributed by atoms with van der Waals surface area (Å²) in [4.78, 5) is 24.1. The molecule has 27 heavy (non-hydrogen) atoms. The summed E-state index contributed by atoms with van der Waals surface area (Å²) in [5.41, 5.74) is 2.54. The molecule has 0 saturated carbocycles. The molecule has 0 aliphatic carbocycles. The SMILES string of the molecule is O=C(CSCc1ccc(C(=O)NCC2CCCO2)cc1)Nc1ccccc1. The minimum absolute atomic E-state index is 0.0173. The normalized spacial score (nSPS) is 16.1. The van der Waals surface area contributed by atoms with Crippen LogP contribution in [0.5, 0.6) is 0 Å². The summed E-state index contributed by atoms with van der Waals surface area (Å²) in [6.07, 6.45) is 2.22. The van der Waals surface area contributed by atoms with Crippen LogP contribution in [-0.2, 0) is 15.3 Å². The van der Waals surface area contributed by atoms with Crippen LogP contribution in [0, 0.1) is 0 Å². The summed E-state index contributed by atoms with van der Waals surface area (Å²) in [6, 6.07) is 16.9. The van der Waals surface area contributed by atoms with Crippen molar-refractivity contribution in [3.63, 3.8) is 0 Å². The Morgan fingerprint density at radius 1 is 1.07 bits per heavy atom. The molecule has 1 heterocycles. The van der Waals surface area contributed by atoms with Crippen LogP contribution < -0.4 is 10.6 Å². The topological polar surface area (TPSA) is 67.4 Å². The van der Waals surface area contributed by atoms with Crippen LogP contribution in [0.2, 0.25) is 0 Å². The Balaban J connectivity index is 1.38. The molecule has 0 bridgehead atoms. The first-order valence-corrected chi connectivity index (χ1v) is 10.3. The maximum atomic E-state index is 12.2. The fourth-order valence-corrected chi connectivity index (χ4v) is 3.63. The van der Waals surface area contributed by atoms with Gasteiger partial charge in [0.25, 0.3) is 5.91 Å². The summed E-state index contributed by atoms with van der Waals surface area (Å²) in [7, 11) is 0. The second kappa shape index (κ2) is 10.1. The first-order valence-electron chi connectivity index (χ1n) is 9.12. The fourth-order valence-electron chi connectivity index (χ4n) is 2.85. The Labute approximate surface area is 163 Å². The van der Waals surface area contributed by atoms with Gasteiger partial charge >= 0.3 is 0 Å². The highest BCUT2D eigenvalue weighted by atomic mass is 32.2. The van der Waals surface area contributed by atoms with Crippen LogP contribution in [0.25, 0.3) is 0 Å². The predicted molar refractivity (Wildman–Crippen MR) is 109 cm³/mol. The molecule has 0 radical (unpaired) electrons. The molecule has 1 aliphatic rings. The second-order valence-corrected chi connectivity index (χ2v) is 7.43. The number of nitrogens with one attached hydrogen (secondary N) is 2. The van der Waals surface area contributed by atoms with Gasteiger partial charge in [-0.25, -0.2) is 0 Å². The number of anilines is 1. The molecule has 2 N–H and O–H groups in total. The van der Waals surface area contributed by atoms with Crippen LogP contribution in [0.15, 0.2) is 54.6 Å². The van der Waals surface area contributed by atoms with E-state index in [0.717, 1.165) is 36.5 Å². The average Bonchev–Trinajstić information content (AvgIpc) is 3.21. The summed E-state index contributed by atoms with van der Waals surface area (Å²) in [5.74, 6) is 1.02. The summed E-state index contributed by atoms with van der Waals surface area (Å²) >= 11 is 1.55. The molecule has 2 aromatic carbocycles. The van der Waals surface area contributed by atoms with E-state index < -0.39 is 0 Å². The van der Waals surface area contributed by atoms with E-state index in [1.807, 2.05) is 54.6 Å². The lowest BCUT2D eigenvalue weighted by Gasteiger charge is -2.11. The van der Waals surface area contributed by atoms with Crippen LogP contribution in [0.4, 0.5) is 5.69 Å². The molecule has 1 atom stereocenters. The Morgan fingerprint density at radius 2 is 1.85 bits per heavy atom. The van der Waals surface area contributed by atoms with Crippen molar-refractivity contribution in [2.24, 2.45) is 0 Å². The number of para-hydroxylation sites is 1. The van der Waals surface area contributed by atoms with Gasteiger partial charge in [-0.05, 0) is 42.7 Å². The third kappa shape index (κ3) is 6.41. The Morgan fingerprint density at radius 3 is 2.56 bits per heavy atom. The molecule has 5 nitrogen and oxygen atoms in total. The Bertz CT molecular complexity index is 744. The van der Waals surface area contributed by atoms with Crippen molar-refractivity contribution in [2.45, 2.75) is 24.7 Å². The molecule has 142 valence electrons. The Kier molecular flexibility index (Phi) is 7.30. The highest BCUT2D eigenvalue weighted by Gasteiger charge is 2.16. The van der Waals surface area contributed by atoms with Crippen molar-refractivity contribution in [1.82, 2.24) is 5.32 Å². The van der Waals surface area contributed by atoms with Crippen molar-refractivity contribution in [2.75, 3.05) is 24.2 Å². The van der Waals surface area contributed by atoms with Gasteiger partial charge < -0.3 is 15.4 Å². The van der Waals surface area contributed by atoms with Gasteiger partial charge in [0.1, 0.15) is 0 Å². The molecule has 6 heteroatoms. The molecule has 2 amide bonds. The standard InChI is InChI=1S/C21H24N2O3S/c24-20(23-18-5-2-1-3-6-18)15-27-14-16-8-10-17(11-9-16)21(25)22-13-19-7-4-12-26-19/h1-3,5-6,8-11,19H,4,7,12-15H2,(H,22,25)(H,23,24). The zero-order valence-electron chi connectivity index (χ0n) is 15.1. The number of amides is 2. The molecule has 0 spiro atoms. The van der Waals surface area contributed by atoms with Crippen molar-refractivity contribution in [3.05, 3.63) is 65.7 Å². The number of ether oxygens (including phenoxy) is 1. The zero-order valence-corrected chi connectivity index (χ0v) is 16.0. The van der Waals surface area contributed by atoms with E-state index in [-0.39, 0.29) is 17.9 Å². The van der Waals surface area contributed by atoms with Crippen molar-refractivity contribution >= 4 is 29.3 Å². The minimum atomic E-state index is -0.0769. The van der Waals surface area contributed by atoms with Crippen LogP contribution >= 0.6 is 11.8 Å².